The van der Waals surface area contributed by atoms with E-state index in [1.54, 1.807) is 12.1 Å². The average molecular weight is 378 g/mol. The van der Waals surface area contributed by atoms with E-state index in [0.29, 0.717) is 6.04 Å². The Labute approximate surface area is 123 Å². The Morgan fingerprint density at radius 2 is 1.94 bits per heavy atom. The van der Waals surface area contributed by atoms with Gasteiger partial charge in [0.1, 0.15) is 0 Å². The first kappa shape index (κ1) is 13.8. The first-order valence-electron chi connectivity index (χ1n) is 5.91. The van der Waals surface area contributed by atoms with Crippen molar-refractivity contribution in [3.63, 3.8) is 0 Å². The number of rotatable bonds is 2. The molecule has 1 aliphatic rings. The van der Waals surface area contributed by atoms with E-state index in [2.05, 4.69) is 43.7 Å². The van der Waals surface area contributed by atoms with Gasteiger partial charge in [0.2, 0.25) is 0 Å². The summed E-state index contributed by atoms with van der Waals surface area (Å²) in [6.07, 6.45) is 3.58. The van der Waals surface area contributed by atoms with Crippen molar-refractivity contribution in [2.24, 2.45) is 0 Å². The minimum absolute atomic E-state index is 0.0992. The van der Waals surface area contributed by atoms with Crippen molar-refractivity contribution in [3.05, 3.63) is 31.2 Å². The summed E-state index contributed by atoms with van der Waals surface area (Å²) in [5.41, 5.74) is 1.12. The second-order valence-electron chi connectivity index (χ2n) is 4.55. The quantitative estimate of drug-likeness (QED) is 0.563. The normalized spacial score (nSPS) is 19.9. The maximum absolute atomic E-state index is 10.8. The van der Waals surface area contributed by atoms with Gasteiger partial charge in [-0.25, -0.2) is 0 Å². The van der Waals surface area contributed by atoms with Gasteiger partial charge in [0.25, 0.3) is 5.69 Å². The second kappa shape index (κ2) is 5.57. The summed E-state index contributed by atoms with van der Waals surface area (Å²) < 4.78 is 1.55. The highest BCUT2D eigenvalue weighted by molar-refractivity contribution is 9.11. The largest absolute Gasteiger partial charge is 0.367 e. The van der Waals surface area contributed by atoms with Gasteiger partial charge in [0.05, 0.1) is 10.6 Å². The van der Waals surface area contributed by atoms with Crippen LogP contribution < -0.4 is 4.90 Å². The van der Waals surface area contributed by atoms with Crippen molar-refractivity contribution in [2.45, 2.75) is 32.2 Å². The lowest BCUT2D eigenvalue weighted by Crippen LogP contribution is -2.37. The molecule has 0 radical (unpaired) electrons. The molecule has 1 saturated heterocycles. The van der Waals surface area contributed by atoms with Gasteiger partial charge >= 0.3 is 0 Å². The number of nitrogens with zero attached hydrogens (tertiary/aromatic N) is 2. The Balaban J connectivity index is 2.41. The predicted molar refractivity (Wildman–Crippen MR) is 79.2 cm³/mol. The highest BCUT2D eigenvalue weighted by Gasteiger charge is 2.24. The molecule has 6 heteroatoms. The molecule has 1 aliphatic heterocycles. The van der Waals surface area contributed by atoms with Gasteiger partial charge < -0.3 is 4.90 Å². The van der Waals surface area contributed by atoms with Crippen LogP contribution in [0.2, 0.25) is 0 Å². The summed E-state index contributed by atoms with van der Waals surface area (Å²) in [7, 11) is 0. The Bertz CT molecular complexity index is 456. The lowest BCUT2D eigenvalue weighted by atomic mass is 10.0. The standard InChI is InChI=1S/C12H14Br2N2O2/c1-8-4-2-3-5-15(8)12-10(13)6-9(16(17)18)7-11(12)14/h6-8H,2-5H2,1H3/t8-/m0/s1. The molecule has 0 N–H and O–H groups in total. The summed E-state index contributed by atoms with van der Waals surface area (Å²) in [4.78, 5) is 12.7. The molecule has 0 unspecified atom stereocenters. The molecule has 0 aromatic heterocycles. The van der Waals surface area contributed by atoms with Gasteiger partial charge in [-0.3, -0.25) is 10.1 Å². The molecular weight excluding hydrogens is 364 g/mol. The van der Waals surface area contributed by atoms with E-state index < -0.39 is 0 Å². The third-order valence-electron chi connectivity index (χ3n) is 3.30. The Hall–Kier alpha value is -0.620. The van der Waals surface area contributed by atoms with Crippen LogP contribution in [0.25, 0.3) is 0 Å². The fourth-order valence-corrected chi connectivity index (χ4v) is 3.98. The van der Waals surface area contributed by atoms with Gasteiger partial charge in [0.15, 0.2) is 0 Å². The molecule has 0 amide bonds. The molecule has 0 bridgehead atoms. The third kappa shape index (κ3) is 2.69. The molecule has 4 nitrogen and oxygen atoms in total. The highest BCUT2D eigenvalue weighted by Crippen LogP contribution is 2.40. The van der Waals surface area contributed by atoms with Crippen LogP contribution >= 0.6 is 31.9 Å². The molecule has 1 aromatic carbocycles. The Morgan fingerprint density at radius 1 is 1.33 bits per heavy atom. The van der Waals surface area contributed by atoms with Crippen molar-refractivity contribution in [1.82, 2.24) is 0 Å². The average Bonchev–Trinajstić information content (AvgIpc) is 2.30. The summed E-state index contributed by atoms with van der Waals surface area (Å²) in [5.74, 6) is 0. The molecule has 0 aliphatic carbocycles. The number of halogens is 2. The van der Waals surface area contributed by atoms with Crippen molar-refractivity contribution in [2.75, 3.05) is 11.4 Å². The van der Waals surface area contributed by atoms with Crippen LogP contribution in [-0.2, 0) is 0 Å². The molecule has 1 fully saturated rings. The van der Waals surface area contributed by atoms with Crippen LogP contribution in [0.3, 0.4) is 0 Å². The first-order valence-corrected chi connectivity index (χ1v) is 7.49. The van der Waals surface area contributed by atoms with E-state index in [9.17, 15) is 10.1 Å². The highest BCUT2D eigenvalue weighted by atomic mass is 79.9. The molecule has 2 rings (SSSR count). The van der Waals surface area contributed by atoms with Crippen LogP contribution in [0.4, 0.5) is 11.4 Å². The second-order valence-corrected chi connectivity index (χ2v) is 6.26. The Kier molecular flexibility index (Phi) is 4.27. The summed E-state index contributed by atoms with van der Waals surface area (Å²) >= 11 is 6.91. The number of piperidine rings is 1. The maximum atomic E-state index is 10.8. The number of hydrogen-bond acceptors (Lipinski definition) is 3. The third-order valence-corrected chi connectivity index (χ3v) is 4.51. The van der Waals surface area contributed by atoms with Crippen LogP contribution in [0.1, 0.15) is 26.2 Å². The first-order chi connectivity index (χ1) is 8.50. The summed E-state index contributed by atoms with van der Waals surface area (Å²) in [6, 6.07) is 3.61. The van der Waals surface area contributed by atoms with E-state index in [1.807, 2.05) is 0 Å². The number of nitro benzene ring substituents is 1. The van der Waals surface area contributed by atoms with Crippen LogP contribution in [0.5, 0.6) is 0 Å². The van der Waals surface area contributed by atoms with E-state index in [4.69, 9.17) is 0 Å². The summed E-state index contributed by atoms with van der Waals surface area (Å²) in [5, 5.41) is 10.8. The number of nitro groups is 1. The molecular formula is C12H14Br2N2O2. The summed E-state index contributed by atoms with van der Waals surface area (Å²) in [6.45, 7) is 3.19. The van der Waals surface area contributed by atoms with E-state index in [1.165, 1.54) is 12.8 Å². The number of non-ortho nitro benzene ring substituents is 1. The number of benzene rings is 1. The monoisotopic (exact) mass is 376 g/mol. The molecule has 98 valence electrons. The molecule has 1 aromatic rings. The van der Waals surface area contributed by atoms with Crippen molar-refractivity contribution in [1.29, 1.82) is 0 Å². The van der Waals surface area contributed by atoms with E-state index in [0.717, 1.165) is 27.6 Å². The minimum Gasteiger partial charge on any atom is -0.367 e. The van der Waals surface area contributed by atoms with Gasteiger partial charge in [-0.1, -0.05) is 0 Å². The fraction of sp³-hybridized carbons (Fsp3) is 0.500. The number of hydrogen-bond donors (Lipinski definition) is 0. The van der Waals surface area contributed by atoms with Gasteiger partial charge in [-0.2, -0.15) is 0 Å². The molecule has 1 heterocycles. The van der Waals surface area contributed by atoms with Crippen LogP contribution in [-0.4, -0.2) is 17.5 Å². The van der Waals surface area contributed by atoms with Crippen molar-refractivity contribution < 1.29 is 4.92 Å². The van der Waals surface area contributed by atoms with Crippen LogP contribution in [0, 0.1) is 10.1 Å². The lowest BCUT2D eigenvalue weighted by molar-refractivity contribution is -0.385. The van der Waals surface area contributed by atoms with Crippen molar-refractivity contribution in [3.8, 4) is 0 Å². The van der Waals surface area contributed by atoms with E-state index in [-0.39, 0.29) is 10.6 Å². The Morgan fingerprint density at radius 3 is 2.44 bits per heavy atom. The fourth-order valence-electron chi connectivity index (χ4n) is 2.36. The zero-order valence-electron chi connectivity index (χ0n) is 10.0. The topological polar surface area (TPSA) is 46.4 Å². The smallest absolute Gasteiger partial charge is 0.271 e. The molecule has 1 atom stereocenters. The van der Waals surface area contributed by atoms with Gasteiger partial charge in [0, 0.05) is 33.7 Å². The SMILES string of the molecule is C[C@H]1CCCCN1c1c(Br)cc([N+](=O)[O-])cc1Br. The molecule has 0 saturated carbocycles. The predicted octanol–water partition coefficient (Wildman–Crippen LogP) is 4.50. The zero-order valence-corrected chi connectivity index (χ0v) is 13.2. The minimum atomic E-state index is -0.376. The van der Waals surface area contributed by atoms with Gasteiger partial charge in [-0.15, -0.1) is 0 Å². The lowest BCUT2D eigenvalue weighted by Gasteiger charge is -2.36. The maximum Gasteiger partial charge on any atom is 0.271 e. The van der Waals surface area contributed by atoms with E-state index >= 15 is 0 Å². The van der Waals surface area contributed by atoms with Gasteiger partial charge in [-0.05, 0) is 58.0 Å². The van der Waals surface area contributed by atoms with Crippen LogP contribution in [0.15, 0.2) is 21.1 Å². The molecule has 18 heavy (non-hydrogen) atoms. The number of anilines is 1. The zero-order chi connectivity index (χ0) is 13.3. The molecule has 0 spiro atoms. The van der Waals surface area contributed by atoms with Crippen molar-refractivity contribution >= 4 is 43.2 Å².